The molecule has 90 valence electrons. The van der Waals surface area contributed by atoms with E-state index in [1.807, 2.05) is 0 Å². The Bertz CT molecular complexity index is 424. The molecule has 0 N–H and O–H groups in total. The average molecular weight is 251 g/mol. The highest BCUT2D eigenvalue weighted by molar-refractivity contribution is 8.13. The molecule has 1 atom stereocenters. The van der Waals surface area contributed by atoms with E-state index in [0.29, 0.717) is 24.5 Å². The van der Waals surface area contributed by atoms with Crippen LogP contribution in [0.3, 0.4) is 0 Å². The normalized spacial score (nSPS) is 19.7. The SMILES string of the molecule is CC(=O)SCC1CC(=O)N(c2cccnn2)C1. The van der Waals surface area contributed by atoms with Crippen molar-refractivity contribution in [1.29, 1.82) is 0 Å². The maximum absolute atomic E-state index is 11.8. The Balaban J connectivity index is 1.98. The van der Waals surface area contributed by atoms with Gasteiger partial charge in [0, 0.05) is 31.8 Å². The molecule has 0 bridgehead atoms. The molecule has 0 radical (unpaired) electrons. The summed E-state index contributed by atoms with van der Waals surface area (Å²) in [4.78, 5) is 24.3. The summed E-state index contributed by atoms with van der Waals surface area (Å²) < 4.78 is 0. The van der Waals surface area contributed by atoms with Crippen LogP contribution in [-0.2, 0) is 9.59 Å². The molecule has 0 aromatic carbocycles. The molecule has 0 spiro atoms. The second-order valence-electron chi connectivity index (χ2n) is 3.96. The third-order valence-corrected chi connectivity index (χ3v) is 3.61. The first-order chi connectivity index (χ1) is 8.16. The van der Waals surface area contributed by atoms with Crippen LogP contribution >= 0.6 is 11.8 Å². The number of hydrogen-bond acceptors (Lipinski definition) is 5. The zero-order chi connectivity index (χ0) is 12.3. The van der Waals surface area contributed by atoms with Crippen LogP contribution in [0.4, 0.5) is 5.82 Å². The Morgan fingerprint density at radius 2 is 2.47 bits per heavy atom. The minimum absolute atomic E-state index is 0.0552. The highest BCUT2D eigenvalue weighted by atomic mass is 32.2. The number of anilines is 1. The van der Waals surface area contributed by atoms with Gasteiger partial charge in [-0.25, -0.2) is 0 Å². The molecule has 17 heavy (non-hydrogen) atoms. The summed E-state index contributed by atoms with van der Waals surface area (Å²) in [6.07, 6.45) is 2.06. The van der Waals surface area contributed by atoms with E-state index < -0.39 is 0 Å². The van der Waals surface area contributed by atoms with Gasteiger partial charge in [0.15, 0.2) is 10.9 Å². The van der Waals surface area contributed by atoms with Crippen molar-refractivity contribution in [2.75, 3.05) is 17.2 Å². The molecule has 1 amide bonds. The van der Waals surface area contributed by atoms with Gasteiger partial charge in [-0.3, -0.25) is 14.5 Å². The number of aromatic nitrogens is 2. The van der Waals surface area contributed by atoms with Crippen molar-refractivity contribution < 1.29 is 9.59 Å². The van der Waals surface area contributed by atoms with Crippen molar-refractivity contribution in [2.24, 2.45) is 5.92 Å². The summed E-state index contributed by atoms with van der Waals surface area (Å²) in [7, 11) is 0. The third-order valence-electron chi connectivity index (χ3n) is 2.56. The molecule has 6 heteroatoms. The molecule has 1 aromatic heterocycles. The molecule has 0 saturated carbocycles. The van der Waals surface area contributed by atoms with Crippen LogP contribution in [0.25, 0.3) is 0 Å². The van der Waals surface area contributed by atoms with Gasteiger partial charge in [-0.05, 0) is 18.1 Å². The molecule has 0 aliphatic carbocycles. The van der Waals surface area contributed by atoms with Gasteiger partial charge < -0.3 is 0 Å². The second kappa shape index (κ2) is 5.27. The molecule has 1 fully saturated rings. The average Bonchev–Trinajstić information content (AvgIpc) is 2.69. The van der Waals surface area contributed by atoms with E-state index in [4.69, 9.17) is 0 Å². The summed E-state index contributed by atoms with van der Waals surface area (Å²) in [5.41, 5.74) is 0. The first-order valence-electron chi connectivity index (χ1n) is 5.38. The number of nitrogens with zero attached hydrogens (tertiary/aromatic N) is 3. The molecule has 1 saturated heterocycles. The van der Waals surface area contributed by atoms with Gasteiger partial charge in [-0.15, -0.1) is 5.10 Å². The summed E-state index contributed by atoms with van der Waals surface area (Å²) in [5.74, 6) is 1.56. The van der Waals surface area contributed by atoms with Gasteiger partial charge in [0.05, 0.1) is 0 Å². The molecule has 1 aromatic rings. The Labute approximate surface area is 104 Å². The lowest BCUT2D eigenvalue weighted by Crippen LogP contribution is -2.25. The monoisotopic (exact) mass is 251 g/mol. The molecule has 1 aliphatic heterocycles. The largest absolute Gasteiger partial charge is 0.295 e. The van der Waals surface area contributed by atoms with E-state index in [2.05, 4.69) is 10.2 Å². The fourth-order valence-corrected chi connectivity index (χ4v) is 2.48. The quantitative estimate of drug-likeness (QED) is 0.805. The van der Waals surface area contributed by atoms with Crippen LogP contribution in [-0.4, -0.2) is 33.5 Å². The fraction of sp³-hybridized carbons (Fsp3) is 0.455. The molecule has 1 unspecified atom stereocenters. The predicted octanol–water partition coefficient (Wildman–Crippen LogP) is 1.11. The highest BCUT2D eigenvalue weighted by Crippen LogP contribution is 2.25. The first kappa shape index (κ1) is 12.0. The van der Waals surface area contributed by atoms with E-state index in [-0.39, 0.29) is 16.9 Å². The third kappa shape index (κ3) is 3.03. The predicted molar refractivity (Wildman–Crippen MR) is 65.6 cm³/mol. The van der Waals surface area contributed by atoms with Gasteiger partial charge >= 0.3 is 0 Å². The van der Waals surface area contributed by atoms with Crippen molar-refractivity contribution in [3.8, 4) is 0 Å². The molecular weight excluding hydrogens is 238 g/mol. The zero-order valence-electron chi connectivity index (χ0n) is 9.50. The van der Waals surface area contributed by atoms with Crippen LogP contribution in [0.2, 0.25) is 0 Å². The first-order valence-corrected chi connectivity index (χ1v) is 6.37. The Hall–Kier alpha value is -1.43. The summed E-state index contributed by atoms with van der Waals surface area (Å²) in [6.45, 7) is 2.17. The maximum atomic E-state index is 11.8. The maximum Gasteiger partial charge on any atom is 0.228 e. The summed E-state index contributed by atoms with van der Waals surface area (Å²) >= 11 is 1.27. The number of carbonyl (C=O) groups is 2. The number of amides is 1. The van der Waals surface area contributed by atoms with Gasteiger partial charge in [0.25, 0.3) is 0 Å². The van der Waals surface area contributed by atoms with Crippen LogP contribution < -0.4 is 4.90 Å². The smallest absolute Gasteiger partial charge is 0.228 e. The van der Waals surface area contributed by atoms with E-state index in [0.717, 1.165) is 0 Å². The molecule has 2 heterocycles. The van der Waals surface area contributed by atoms with E-state index in [1.54, 1.807) is 30.2 Å². The van der Waals surface area contributed by atoms with Crippen LogP contribution in [0.15, 0.2) is 18.3 Å². The lowest BCUT2D eigenvalue weighted by molar-refractivity contribution is -0.117. The Morgan fingerprint density at radius 1 is 1.65 bits per heavy atom. The highest BCUT2D eigenvalue weighted by Gasteiger charge is 2.31. The van der Waals surface area contributed by atoms with E-state index in [1.165, 1.54) is 11.8 Å². The number of hydrogen-bond donors (Lipinski definition) is 0. The van der Waals surface area contributed by atoms with Gasteiger partial charge in [-0.1, -0.05) is 11.8 Å². The molecule has 1 aliphatic rings. The molecule has 5 nitrogen and oxygen atoms in total. The lowest BCUT2D eigenvalue weighted by Gasteiger charge is -2.14. The topological polar surface area (TPSA) is 63.2 Å². The zero-order valence-corrected chi connectivity index (χ0v) is 10.3. The Morgan fingerprint density at radius 3 is 3.12 bits per heavy atom. The number of rotatable bonds is 3. The molecular formula is C11H13N3O2S. The summed E-state index contributed by atoms with van der Waals surface area (Å²) in [6, 6.07) is 3.53. The van der Waals surface area contributed by atoms with Crippen molar-refractivity contribution in [3.63, 3.8) is 0 Å². The minimum atomic E-state index is 0.0552. The van der Waals surface area contributed by atoms with Crippen LogP contribution in [0, 0.1) is 5.92 Å². The van der Waals surface area contributed by atoms with Crippen LogP contribution in [0.1, 0.15) is 13.3 Å². The van der Waals surface area contributed by atoms with Crippen molar-refractivity contribution in [2.45, 2.75) is 13.3 Å². The molecule has 2 rings (SSSR count). The van der Waals surface area contributed by atoms with Gasteiger partial charge in [-0.2, -0.15) is 5.10 Å². The van der Waals surface area contributed by atoms with E-state index >= 15 is 0 Å². The fourth-order valence-electron chi connectivity index (χ4n) is 1.79. The number of carbonyl (C=O) groups excluding carboxylic acids is 2. The van der Waals surface area contributed by atoms with Crippen molar-refractivity contribution in [3.05, 3.63) is 18.3 Å². The summed E-state index contributed by atoms with van der Waals surface area (Å²) in [5, 5.41) is 7.77. The number of thioether (sulfide) groups is 1. The van der Waals surface area contributed by atoms with Crippen LogP contribution in [0.5, 0.6) is 0 Å². The van der Waals surface area contributed by atoms with Crippen molar-refractivity contribution >= 4 is 28.6 Å². The van der Waals surface area contributed by atoms with Crippen molar-refractivity contribution in [1.82, 2.24) is 10.2 Å². The lowest BCUT2D eigenvalue weighted by atomic mass is 10.1. The Kier molecular flexibility index (Phi) is 3.73. The second-order valence-corrected chi connectivity index (χ2v) is 5.16. The standard InChI is InChI=1S/C11H13N3O2S/c1-8(15)17-7-9-5-11(16)14(6-9)10-3-2-4-12-13-10/h2-4,9H,5-7H2,1H3. The van der Waals surface area contributed by atoms with E-state index in [9.17, 15) is 9.59 Å². The van der Waals surface area contributed by atoms with Gasteiger partial charge in [0.1, 0.15) is 0 Å². The minimum Gasteiger partial charge on any atom is -0.295 e. The van der Waals surface area contributed by atoms with Gasteiger partial charge in [0.2, 0.25) is 5.91 Å².